The number of ketones is 1. The molecule has 0 radical (unpaired) electrons. The molecule has 1 aromatic rings. The lowest BCUT2D eigenvalue weighted by Gasteiger charge is -2.14. The number of hydrogen-bond acceptors (Lipinski definition) is 1. The van der Waals surface area contributed by atoms with E-state index in [1.54, 1.807) is 0 Å². The lowest BCUT2D eigenvalue weighted by Crippen LogP contribution is -2.07. The molecule has 2 rings (SSSR count). The Hall–Kier alpha value is -1.11. The summed E-state index contributed by atoms with van der Waals surface area (Å²) in [5.41, 5.74) is 5.33. The molecule has 0 saturated carbocycles. The van der Waals surface area contributed by atoms with Crippen LogP contribution in [0.5, 0.6) is 0 Å². The fourth-order valence-electron chi connectivity index (χ4n) is 3.32. The van der Waals surface area contributed by atoms with E-state index in [2.05, 4.69) is 26.0 Å². The summed E-state index contributed by atoms with van der Waals surface area (Å²) in [6.07, 6.45) is 12.6. The van der Waals surface area contributed by atoms with Crippen LogP contribution in [0.2, 0.25) is 0 Å². The highest BCUT2D eigenvalue weighted by Crippen LogP contribution is 2.26. The first-order valence-corrected chi connectivity index (χ1v) is 8.94. The summed E-state index contributed by atoms with van der Waals surface area (Å²) in [4.78, 5) is 12.6. The largest absolute Gasteiger partial charge is 0.294 e. The van der Waals surface area contributed by atoms with E-state index < -0.39 is 0 Å². The van der Waals surface area contributed by atoms with Crippen LogP contribution >= 0.6 is 0 Å². The molecule has 0 fully saturated rings. The molecule has 1 aliphatic carbocycles. The molecular formula is C20H30O. The van der Waals surface area contributed by atoms with Crippen LogP contribution < -0.4 is 0 Å². The van der Waals surface area contributed by atoms with E-state index in [9.17, 15) is 4.79 Å². The summed E-state index contributed by atoms with van der Waals surface area (Å²) in [5.74, 6) is 0.370. The van der Waals surface area contributed by atoms with Crippen molar-refractivity contribution in [1.82, 2.24) is 0 Å². The maximum atomic E-state index is 12.6. The topological polar surface area (TPSA) is 17.1 Å². The number of carbonyl (C=O) groups is 1. The highest BCUT2D eigenvalue weighted by Gasteiger charge is 2.16. The Morgan fingerprint density at radius 2 is 1.62 bits per heavy atom. The van der Waals surface area contributed by atoms with Gasteiger partial charge in [0.25, 0.3) is 0 Å². The molecule has 1 aromatic carbocycles. The average molecular weight is 286 g/mol. The van der Waals surface area contributed by atoms with Gasteiger partial charge in [-0.15, -0.1) is 0 Å². The van der Waals surface area contributed by atoms with E-state index in [1.807, 2.05) is 0 Å². The second kappa shape index (κ2) is 8.36. The molecule has 1 heteroatoms. The van der Waals surface area contributed by atoms with E-state index >= 15 is 0 Å². The predicted molar refractivity (Wildman–Crippen MR) is 90.2 cm³/mol. The van der Waals surface area contributed by atoms with Gasteiger partial charge in [0.2, 0.25) is 0 Å². The third-order valence-corrected chi connectivity index (χ3v) is 4.68. The van der Waals surface area contributed by atoms with Crippen molar-refractivity contribution in [2.45, 2.75) is 84.5 Å². The SMILES string of the molecule is CCCCC(=O)c1cc2c(cc1CCCC)CCCCC2. The van der Waals surface area contributed by atoms with Gasteiger partial charge in [-0.25, -0.2) is 0 Å². The number of aryl methyl sites for hydroxylation is 3. The fourth-order valence-corrected chi connectivity index (χ4v) is 3.32. The number of carbonyl (C=O) groups excluding carboxylic acids is 1. The Bertz CT molecular complexity index is 473. The number of hydrogen-bond donors (Lipinski definition) is 0. The van der Waals surface area contributed by atoms with Crippen molar-refractivity contribution in [3.05, 3.63) is 34.4 Å². The lowest BCUT2D eigenvalue weighted by atomic mass is 9.90. The van der Waals surface area contributed by atoms with Gasteiger partial charge in [0, 0.05) is 12.0 Å². The fraction of sp³-hybridized carbons (Fsp3) is 0.650. The summed E-state index contributed by atoms with van der Waals surface area (Å²) in [6.45, 7) is 4.38. The molecular weight excluding hydrogens is 256 g/mol. The van der Waals surface area contributed by atoms with Crippen LogP contribution in [0.1, 0.15) is 92.3 Å². The molecule has 116 valence electrons. The maximum Gasteiger partial charge on any atom is 0.163 e. The first-order valence-electron chi connectivity index (χ1n) is 8.94. The smallest absolute Gasteiger partial charge is 0.163 e. The minimum Gasteiger partial charge on any atom is -0.294 e. The van der Waals surface area contributed by atoms with Crippen molar-refractivity contribution in [3.63, 3.8) is 0 Å². The van der Waals surface area contributed by atoms with E-state index in [4.69, 9.17) is 0 Å². The highest BCUT2D eigenvalue weighted by molar-refractivity contribution is 5.97. The van der Waals surface area contributed by atoms with Gasteiger partial charge in [-0.1, -0.05) is 39.2 Å². The number of benzene rings is 1. The van der Waals surface area contributed by atoms with Crippen LogP contribution in [0.3, 0.4) is 0 Å². The van der Waals surface area contributed by atoms with E-state index in [0.29, 0.717) is 12.2 Å². The Morgan fingerprint density at radius 3 is 2.29 bits per heavy atom. The van der Waals surface area contributed by atoms with Gasteiger partial charge in [-0.05, 0) is 67.7 Å². The average Bonchev–Trinajstić information content (AvgIpc) is 2.74. The minimum atomic E-state index is 0.370. The van der Waals surface area contributed by atoms with Gasteiger partial charge in [0.05, 0.1) is 0 Å². The quantitative estimate of drug-likeness (QED) is 0.466. The minimum absolute atomic E-state index is 0.370. The van der Waals surface area contributed by atoms with Crippen LogP contribution in [0.4, 0.5) is 0 Å². The molecule has 0 heterocycles. The first kappa shape index (κ1) is 16.3. The van der Waals surface area contributed by atoms with Crippen LogP contribution in [-0.4, -0.2) is 5.78 Å². The molecule has 0 unspecified atom stereocenters. The molecule has 0 spiro atoms. The van der Waals surface area contributed by atoms with Crippen molar-refractivity contribution in [1.29, 1.82) is 0 Å². The number of fused-ring (bicyclic) bond motifs is 1. The first-order chi connectivity index (χ1) is 10.3. The van der Waals surface area contributed by atoms with Crippen LogP contribution in [0.15, 0.2) is 12.1 Å². The van der Waals surface area contributed by atoms with E-state index in [-0.39, 0.29) is 0 Å². The Labute approximate surface area is 130 Å². The standard InChI is InChI=1S/C20H30O/c1-3-5-10-18-14-16-11-8-7-9-12-17(16)15-19(18)20(21)13-6-4-2/h14-15H,3-13H2,1-2H3. The normalized spacial score (nSPS) is 14.6. The van der Waals surface area contributed by atoms with Crippen LogP contribution in [0.25, 0.3) is 0 Å². The molecule has 0 saturated heterocycles. The number of Topliss-reactive ketones (excluding diaryl/α,β-unsaturated/α-hetero) is 1. The van der Waals surface area contributed by atoms with Crippen molar-refractivity contribution >= 4 is 5.78 Å². The van der Waals surface area contributed by atoms with Crippen molar-refractivity contribution < 1.29 is 4.79 Å². The molecule has 0 amide bonds. The summed E-state index contributed by atoms with van der Waals surface area (Å²) in [5, 5.41) is 0. The highest BCUT2D eigenvalue weighted by atomic mass is 16.1. The van der Waals surface area contributed by atoms with Gasteiger partial charge in [0.1, 0.15) is 0 Å². The van der Waals surface area contributed by atoms with Gasteiger partial charge < -0.3 is 0 Å². The molecule has 0 atom stereocenters. The predicted octanol–water partition coefficient (Wildman–Crippen LogP) is 5.67. The zero-order chi connectivity index (χ0) is 15.1. The number of unbranched alkanes of at least 4 members (excludes halogenated alkanes) is 2. The number of rotatable bonds is 7. The molecule has 1 aliphatic rings. The van der Waals surface area contributed by atoms with Crippen LogP contribution in [0, 0.1) is 0 Å². The zero-order valence-corrected chi connectivity index (χ0v) is 13.8. The summed E-state index contributed by atoms with van der Waals surface area (Å²) >= 11 is 0. The second-order valence-electron chi connectivity index (χ2n) is 6.47. The maximum absolute atomic E-state index is 12.6. The van der Waals surface area contributed by atoms with E-state index in [0.717, 1.165) is 31.2 Å². The summed E-state index contributed by atoms with van der Waals surface area (Å²) in [7, 11) is 0. The molecule has 0 bridgehead atoms. The Morgan fingerprint density at radius 1 is 0.952 bits per heavy atom. The molecule has 1 nitrogen and oxygen atoms in total. The van der Waals surface area contributed by atoms with Crippen molar-refractivity contribution in [2.75, 3.05) is 0 Å². The Kier molecular flexibility index (Phi) is 6.48. The molecule has 0 N–H and O–H groups in total. The summed E-state index contributed by atoms with van der Waals surface area (Å²) < 4.78 is 0. The van der Waals surface area contributed by atoms with Crippen molar-refractivity contribution in [2.24, 2.45) is 0 Å². The van der Waals surface area contributed by atoms with Gasteiger partial charge >= 0.3 is 0 Å². The van der Waals surface area contributed by atoms with Crippen LogP contribution in [-0.2, 0) is 19.3 Å². The second-order valence-corrected chi connectivity index (χ2v) is 6.47. The van der Waals surface area contributed by atoms with Gasteiger partial charge in [-0.2, -0.15) is 0 Å². The van der Waals surface area contributed by atoms with Crippen molar-refractivity contribution in [3.8, 4) is 0 Å². The zero-order valence-electron chi connectivity index (χ0n) is 13.8. The van der Waals surface area contributed by atoms with Gasteiger partial charge in [0.15, 0.2) is 5.78 Å². The molecule has 0 aliphatic heterocycles. The Balaban J connectivity index is 2.30. The molecule has 0 aromatic heterocycles. The van der Waals surface area contributed by atoms with Gasteiger partial charge in [-0.3, -0.25) is 4.79 Å². The molecule has 21 heavy (non-hydrogen) atoms. The monoisotopic (exact) mass is 286 g/mol. The lowest BCUT2D eigenvalue weighted by molar-refractivity contribution is 0.0978. The third kappa shape index (κ3) is 4.43. The third-order valence-electron chi connectivity index (χ3n) is 4.68. The summed E-state index contributed by atoms with van der Waals surface area (Å²) in [6, 6.07) is 4.62. The van der Waals surface area contributed by atoms with E-state index in [1.165, 1.54) is 55.2 Å².